The zero-order valence-corrected chi connectivity index (χ0v) is 13.0. The van der Waals surface area contributed by atoms with E-state index < -0.39 is 5.97 Å². The third kappa shape index (κ3) is 3.37. The number of azo groups is 1. The second-order valence-corrected chi connectivity index (χ2v) is 5.50. The van der Waals surface area contributed by atoms with Crippen molar-refractivity contribution >= 4 is 34.7 Å². The van der Waals surface area contributed by atoms with Crippen molar-refractivity contribution in [2.75, 3.05) is 0 Å². The number of pyridine rings is 1. The summed E-state index contributed by atoms with van der Waals surface area (Å²) in [4.78, 5) is 15.4. The van der Waals surface area contributed by atoms with Gasteiger partial charge in [-0.05, 0) is 48.9 Å². The molecule has 0 bridgehead atoms. The van der Waals surface area contributed by atoms with Crippen LogP contribution in [0.3, 0.4) is 0 Å². The molecule has 0 amide bonds. The van der Waals surface area contributed by atoms with E-state index in [1.165, 1.54) is 0 Å². The number of carboxylic acids is 1. The van der Waals surface area contributed by atoms with Crippen LogP contribution in [0, 0.1) is 6.92 Å². The van der Waals surface area contributed by atoms with Gasteiger partial charge < -0.3 is 5.11 Å². The Kier molecular flexibility index (Phi) is 4.08. The highest BCUT2D eigenvalue weighted by Gasteiger charge is 2.15. The van der Waals surface area contributed by atoms with Crippen LogP contribution >= 0.6 is 11.6 Å². The molecule has 0 aliphatic heterocycles. The molecule has 0 spiro atoms. The van der Waals surface area contributed by atoms with Crippen molar-refractivity contribution in [3.05, 3.63) is 58.9 Å². The molecule has 3 rings (SSSR count). The zero-order valence-electron chi connectivity index (χ0n) is 12.3. The fraction of sp³-hybridized carbons (Fsp3) is 0.125. The number of aryl methyl sites for hydroxylation is 1. The summed E-state index contributed by atoms with van der Waals surface area (Å²) in [6.07, 6.45) is 1.59. The summed E-state index contributed by atoms with van der Waals surface area (Å²) in [6.45, 7) is 1.94. The number of fused-ring (bicyclic) bond motifs is 1. The van der Waals surface area contributed by atoms with Gasteiger partial charge in [0.25, 0.3) is 0 Å². The molecule has 23 heavy (non-hydrogen) atoms. The van der Waals surface area contributed by atoms with E-state index in [2.05, 4.69) is 15.2 Å². The van der Waals surface area contributed by atoms with Gasteiger partial charge in [-0.2, -0.15) is 0 Å². The largest absolute Gasteiger partial charge is 0.481 e. The summed E-state index contributed by atoms with van der Waals surface area (Å²) >= 11 is 5.84. The quantitative estimate of drug-likeness (QED) is 0.723. The van der Waals surface area contributed by atoms with Gasteiger partial charge in [0, 0.05) is 11.2 Å². The lowest BCUT2D eigenvalue weighted by Gasteiger charge is -1.98. The Labute approximate surface area is 137 Å². The Morgan fingerprint density at radius 2 is 2.00 bits per heavy atom. The number of aliphatic carboxylic acids is 1. The normalized spacial score (nSPS) is 11.4. The minimum Gasteiger partial charge on any atom is -0.481 e. The van der Waals surface area contributed by atoms with E-state index >= 15 is 0 Å². The number of hydrogen-bond acceptors (Lipinski definition) is 4. The van der Waals surface area contributed by atoms with E-state index in [9.17, 15) is 4.79 Å². The molecule has 2 heterocycles. The van der Waals surface area contributed by atoms with Crippen LogP contribution in [0.25, 0.3) is 5.65 Å². The molecule has 0 aliphatic rings. The van der Waals surface area contributed by atoms with Gasteiger partial charge in [0.2, 0.25) is 0 Å². The summed E-state index contributed by atoms with van der Waals surface area (Å²) in [6, 6.07) is 10.7. The van der Waals surface area contributed by atoms with Gasteiger partial charge in [0.05, 0.1) is 17.8 Å². The fourth-order valence-electron chi connectivity index (χ4n) is 2.16. The maximum absolute atomic E-state index is 11.0. The highest BCUT2D eigenvalue weighted by Crippen LogP contribution is 2.25. The van der Waals surface area contributed by atoms with E-state index in [1.807, 2.05) is 19.1 Å². The molecule has 0 saturated heterocycles. The van der Waals surface area contributed by atoms with Crippen LogP contribution in [0.15, 0.2) is 52.8 Å². The monoisotopic (exact) mass is 328 g/mol. The van der Waals surface area contributed by atoms with Crippen molar-refractivity contribution in [3.8, 4) is 0 Å². The molecular formula is C16H13ClN4O2. The minimum atomic E-state index is -0.965. The maximum Gasteiger partial charge on any atom is 0.309 e. The summed E-state index contributed by atoms with van der Waals surface area (Å²) in [7, 11) is 0. The molecule has 1 N–H and O–H groups in total. The molecule has 7 heteroatoms. The number of hydrogen-bond donors (Lipinski definition) is 1. The van der Waals surface area contributed by atoms with E-state index in [0.29, 0.717) is 27.9 Å². The van der Waals surface area contributed by atoms with Gasteiger partial charge in [-0.1, -0.05) is 11.6 Å². The Morgan fingerprint density at radius 1 is 1.26 bits per heavy atom. The number of benzene rings is 1. The Hall–Kier alpha value is -2.73. The first kappa shape index (κ1) is 15.2. The predicted octanol–water partition coefficient (Wildman–Crippen LogP) is 4.34. The van der Waals surface area contributed by atoms with Crippen LogP contribution < -0.4 is 0 Å². The summed E-state index contributed by atoms with van der Waals surface area (Å²) in [5, 5.41) is 18.0. The maximum atomic E-state index is 11.0. The number of halogens is 1. The van der Waals surface area contributed by atoms with Crippen molar-refractivity contribution in [2.45, 2.75) is 13.3 Å². The SMILES string of the molecule is Cc1ccn2c(N=Nc3ccc(Cl)cc3)c(CC(=O)O)nc2c1. The zero-order chi connectivity index (χ0) is 16.4. The molecule has 1 aromatic carbocycles. The van der Waals surface area contributed by atoms with Crippen LogP contribution in [-0.2, 0) is 11.2 Å². The molecule has 3 aromatic rings. The van der Waals surface area contributed by atoms with Crippen LogP contribution in [0.4, 0.5) is 11.5 Å². The van der Waals surface area contributed by atoms with Gasteiger partial charge in [-0.3, -0.25) is 9.20 Å². The van der Waals surface area contributed by atoms with Crippen molar-refractivity contribution in [3.63, 3.8) is 0 Å². The Morgan fingerprint density at radius 3 is 2.70 bits per heavy atom. The predicted molar refractivity (Wildman–Crippen MR) is 86.9 cm³/mol. The molecule has 6 nitrogen and oxygen atoms in total. The van der Waals surface area contributed by atoms with Gasteiger partial charge in [-0.25, -0.2) is 4.98 Å². The van der Waals surface area contributed by atoms with Crippen molar-refractivity contribution < 1.29 is 9.90 Å². The van der Waals surface area contributed by atoms with Crippen molar-refractivity contribution in [1.82, 2.24) is 9.38 Å². The van der Waals surface area contributed by atoms with E-state index in [-0.39, 0.29) is 6.42 Å². The highest BCUT2D eigenvalue weighted by molar-refractivity contribution is 6.30. The molecule has 0 saturated carbocycles. The molecular weight excluding hydrogens is 316 g/mol. The van der Waals surface area contributed by atoms with E-state index in [0.717, 1.165) is 5.56 Å². The standard InChI is InChI=1S/C16H13ClN4O2/c1-10-6-7-21-14(8-10)18-13(9-15(22)23)16(21)20-19-12-4-2-11(17)3-5-12/h2-8H,9H2,1H3,(H,22,23). The third-order valence-corrected chi connectivity index (χ3v) is 3.48. The number of carboxylic acid groups (broad SMARTS) is 1. The first-order valence-corrected chi connectivity index (χ1v) is 7.27. The van der Waals surface area contributed by atoms with Crippen LogP contribution in [0.1, 0.15) is 11.3 Å². The van der Waals surface area contributed by atoms with Crippen LogP contribution in [0.5, 0.6) is 0 Å². The van der Waals surface area contributed by atoms with E-state index in [1.54, 1.807) is 34.9 Å². The van der Waals surface area contributed by atoms with Crippen LogP contribution in [0.2, 0.25) is 5.02 Å². The molecule has 116 valence electrons. The lowest BCUT2D eigenvalue weighted by atomic mass is 10.3. The molecule has 0 radical (unpaired) electrons. The van der Waals surface area contributed by atoms with E-state index in [4.69, 9.17) is 16.7 Å². The minimum absolute atomic E-state index is 0.213. The molecule has 0 unspecified atom stereocenters. The number of rotatable bonds is 4. The molecule has 0 atom stereocenters. The third-order valence-electron chi connectivity index (χ3n) is 3.23. The summed E-state index contributed by atoms with van der Waals surface area (Å²) in [5.41, 5.74) is 2.68. The number of imidazole rings is 1. The molecule has 0 aliphatic carbocycles. The smallest absolute Gasteiger partial charge is 0.309 e. The first-order chi connectivity index (χ1) is 11.0. The second kappa shape index (κ2) is 6.18. The van der Waals surface area contributed by atoms with Gasteiger partial charge in [0.15, 0.2) is 5.82 Å². The van der Waals surface area contributed by atoms with Crippen molar-refractivity contribution in [1.29, 1.82) is 0 Å². The first-order valence-electron chi connectivity index (χ1n) is 6.89. The number of nitrogens with zero attached hydrogens (tertiary/aromatic N) is 4. The van der Waals surface area contributed by atoms with Gasteiger partial charge in [-0.15, -0.1) is 10.2 Å². The lowest BCUT2D eigenvalue weighted by molar-refractivity contribution is -0.136. The lowest BCUT2D eigenvalue weighted by Crippen LogP contribution is -2.00. The second-order valence-electron chi connectivity index (χ2n) is 5.06. The topological polar surface area (TPSA) is 79.3 Å². The number of aromatic nitrogens is 2. The average molecular weight is 329 g/mol. The molecule has 2 aromatic heterocycles. The van der Waals surface area contributed by atoms with Crippen molar-refractivity contribution in [2.24, 2.45) is 10.2 Å². The van der Waals surface area contributed by atoms with Gasteiger partial charge >= 0.3 is 5.97 Å². The molecule has 0 fully saturated rings. The fourth-order valence-corrected chi connectivity index (χ4v) is 2.29. The Bertz CT molecular complexity index is 900. The number of carbonyl (C=O) groups is 1. The summed E-state index contributed by atoms with van der Waals surface area (Å²) < 4.78 is 1.73. The Balaban J connectivity index is 2.06. The average Bonchev–Trinajstić information content (AvgIpc) is 2.82. The van der Waals surface area contributed by atoms with Crippen LogP contribution in [-0.4, -0.2) is 20.5 Å². The van der Waals surface area contributed by atoms with Gasteiger partial charge in [0.1, 0.15) is 5.65 Å². The highest BCUT2D eigenvalue weighted by atomic mass is 35.5. The summed E-state index contributed by atoms with van der Waals surface area (Å²) in [5.74, 6) is -0.551.